The zero-order valence-electron chi connectivity index (χ0n) is 27.0. The number of carbonyl (C=O) groups is 1. The molecule has 0 spiro atoms. The summed E-state index contributed by atoms with van der Waals surface area (Å²) >= 11 is 0. The number of para-hydroxylation sites is 1. The van der Waals surface area contributed by atoms with Gasteiger partial charge in [0, 0.05) is 28.5 Å². The molecule has 3 saturated carbocycles. The zero-order valence-corrected chi connectivity index (χ0v) is 27.0. The monoisotopic (exact) mass is 597 g/mol. The second-order valence-electron chi connectivity index (χ2n) is 16.0. The van der Waals surface area contributed by atoms with Gasteiger partial charge in [0.1, 0.15) is 0 Å². The van der Waals surface area contributed by atoms with E-state index in [1.165, 1.54) is 5.57 Å². The maximum Gasteiger partial charge on any atom is 0.309 e. The number of hydrogen-bond acceptors (Lipinski definition) is 4. The number of aliphatic carboxylic acids is 1. The van der Waals surface area contributed by atoms with Gasteiger partial charge in [-0.1, -0.05) is 57.5 Å². The molecule has 1 aromatic heterocycles. The topological polar surface area (TPSA) is 114 Å². The van der Waals surface area contributed by atoms with Gasteiger partial charge >= 0.3 is 5.97 Å². The molecule has 6 heteroatoms. The number of phenols is 2. The van der Waals surface area contributed by atoms with Gasteiger partial charge < -0.3 is 25.4 Å². The molecular weight excluding hydrogens is 550 g/mol. The highest BCUT2D eigenvalue weighted by Gasteiger charge is 2.67. The molecule has 0 bridgehead atoms. The van der Waals surface area contributed by atoms with E-state index < -0.39 is 11.4 Å². The van der Waals surface area contributed by atoms with Crippen LogP contribution in [0.25, 0.3) is 10.9 Å². The maximum atomic E-state index is 12.6. The van der Waals surface area contributed by atoms with E-state index in [1.54, 1.807) is 0 Å². The minimum absolute atomic E-state index is 0.0583. The number of benzene rings is 2. The lowest BCUT2D eigenvalue weighted by Gasteiger charge is -2.70. The third kappa shape index (κ3) is 3.55. The van der Waals surface area contributed by atoms with Gasteiger partial charge in [-0.2, -0.15) is 0 Å². The SMILES string of the molecule is Cc1c(O)c(O)cc2c1[C@H](c1c[nH]c3c(CO)cccc13)C=C1[C@@]2(C)CC[C@@]2(C)[C@@H]3C[C@](C)(C(=O)O)CC[C@]3(C)CC[C@]12C. The number of aromatic amines is 1. The molecule has 0 aliphatic heterocycles. The van der Waals surface area contributed by atoms with Crippen LogP contribution in [0.5, 0.6) is 11.5 Å². The van der Waals surface area contributed by atoms with Crippen LogP contribution >= 0.6 is 0 Å². The van der Waals surface area contributed by atoms with Crippen molar-refractivity contribution in [3.05, 3.63) is 69.9 Å². The van der Waals surface area contributed by atoms with Crippen LogP contribution in [0.15, 0.2) is 42.1 Å². The molecule has 5 N–H and O–H groups in total. The molecule has 6 nitrogen and oxygen atoms in total. The molecule has 1 heterocycles. The Kier molecular flexibility index (Phi) is 6.13. The van der Waals surface area contributed by atoms with Crippen molar-refractivity contribution in [3.63, 3.8) is 0 Å². The number of fused-ring (bicyclic) bond motifs is 8. The Balaban J connectivity index is 1.47. The number of nitrogens with one attached hydrogen (secondary N) is 1. The van der Waals surface area contributed by atoms with Crippen LogP contribution in [0.4, 0.5) is 0 Å². The molecule has 4 aliphatic rings. The van der Waals surface area contributed by atoms with E-state index in [0.717, 1.165) is 71.7 Å². The van der Waals surface area contributed by atoms with Crippen molar-refractivity contribution < 1.29 is 25.2 Å². The number of H-pyrrole nitrogens is 1. The number of aromatic nitrogens is 1. The molecule has 2 aromatic carbocycles. The number of allylic oxidation sites excluding steroid dienone is 2. The summed E-state index contributed by atoms with van der Waals surface area (Å²) in [7, 11) is 0. The third-order valence-electron chi connectivity index (χ3n) is 14.0. The Morgan fingerprint density at radius 1 is 1.00 bits per heavy atom. The molecule has 3 aromatic rings. The smallest absolute Gasteiger partial charge is 0.309 e. The molecule has 3 fully saturated rings. The van der Waals surface area contributed by atoms with Crippen molar-refractivity contribution in [1.82, 2.24) is 4.98 Å². The van der Waals surface area contributed by atoms with Gasteiger partial charge in [0.15, 0.2) is 11.5 Å². The van der Waals surface area contributed by atoms with Crippen molar-refractivity contribution >= 4 is 16.9 Å². The summed E-state index contributed by atoms with van der Waals surface area (Å²) in [6, 6.07) is 7.82. The van der Waals surface area contributed by atoms with Gasteiger partial charge in [-0.05, 0) is 109 Å². The Hall–Kier alpha value is -3.25. The van der Waals surface area contributed by atoms with E-state index in [2.05, 4.69) is 44.8 Å². The van der Waals surface area contributed by atoms with Crippen LogP contribution in [0, 0.1) is 34.5 Å². The van der Waals surface area contributed by atoms with E-state index in [9.17, 15) is 25.2 Å². The zero-order chi connectivity index (χ0) is 31.6. The van der Waals surface area contributed by atoms with Gasteiger partial charge in [0.05, 0.1) is 17.5 Å². The summed E-state index contributed by atoms with van der Waals surface area (Å²) in [4.78, 5) is 16.0. The minimum atomic E-state index is -0.711. The second kappa shape index (κ2) is 9.15. The maximum absolute atomic E-state index is 12.6. The predicted octanol–water partition coefficient (Wildman–Crippen LogP) is 8.21. The molecule has 0 saturated heterocycles. The number of aromatic hydroxyl groups is 2. The molecule has 234 valence electrons. The van der Waals surface area contributed by atoms with Crippen LogP contribution in [0.1, 0.15) is 113 Å². The first kappa shape index (κ1) is 29.5. The summed E-state index contributed by atoms with van der Waals surface area (Å²) in [5.41, 5.74) is 5.86. The molecule has 4 aliphatic carbocycles. The van der Waals surface area contributed by atoms with E-state index in [-0.39, 0.29) is 51.6 Å². The second-order valence-corrected chi connectivity index (χ2v) is 16.0. The summed E-state index contributed by atoms with van der Waals surface area (Å²) in [5.74, 6) is -0.701. The highest BCUT2D eigenvalue weighted by atomic mass is 16.4. The van der Waals surface area contributed by atoms with Crippen LogP contribution in [0.2, 0.25) is 0 Å². The largest absolute Gasteiger partial charge is 0.504 e. The third-order valence-corrected chi connectivity index (χ3v) is 14.0. The molecular formula is C38H47NO5. The summed E-state index contributed by atoms with van der Waals surface area (Å²) in [6.07, 6.45) is 10.9. The summed E-state index contributed by atoms with van der Waals surface area (Å²) in [6.45, 7) is 13.4. The van der Waals surface area contributed by atoms with Gasteiger partial charge in [-0.15, -0.1) is 0 Å². The number of carboxylic acid groups (broad SMARTS) is 1. The van der Waals surface area contributed by atoms with Crippen LogP contribution in [0.3, 0.4) is 0 Å². The average molecular weight is 598 g/mol. The predicted molar refractivity (Wildman–Crippen MR) is 172 cm³/mol. The number of aliphatic hydroxyl groups excluding tert-OH is 1. The Labute approximate surface area is 260 Å². The first-order valence-corrected chi connectivity index (χ1v) is 16.4. The van der Waals surface area contributed by atoms with Gasteiger partial charge in [0.2, 0.25) is 0 Å². The first-order chi connectivity index (χ1) is 20.6. The lowest BCUT2D eigenvalue weighted by Crippen LogP contribution is -2.62. The standard InChI is InChI=1S/C38H47NO5/c1-21-30-24(25-19-39-31-22(20-40)8-7-9-23(25)31)16-28-36(4,26(30)17-27(41)32(21)42)13-15-38(6)29-18-35(3,33(43)44)11-10-34(29,2)12-14-37(28,38)5/h7-9,16-17,19,24,29,39-42H,10-15,18,20H2,1-6H3,(H,43,44)/t24-,29+,34+,35+,36-,37+,38-/m0/s1. The molecule has 7 atom stereocenters. The normalized spacial score (nSPS) is 37.8. The van der Waals surface area contributed by atoms with E-state index in [4.69, 9.17) is 0 Å². The number of aliphatic hydroxyl groups is 1. The van der Waals surface area contributed by atoms with Crippen LogP contribution in [-0.2, 0) is 16.8 Å². The van der Waals surface area contributed by atoms with Crippen molar-refractivity contribution in [2.24, 2.45) is 27.6 Å². The molecule has 44 heavy (non-hydrogen) atoms. The Morgan fingerprint density at radius 2 is 1.73 bits per heavy atom. The van der Waals surface area contributed by atoms with Gasteiger partial charge in [-0.3, -0.25) is 4.79 Å². The van der Waals surface area contributed by atoms with E-state index in [0.29, 0.717) is 12.0 Å². The summed E-state index contributed by atoms with van der Waals surface area (Å²) in [5, 5.41) is 43.5. The molecule has 0 amide bonds. The molecule has 0 radical (unpaired) electrons. The first-order valence-electron chi connectivity index (χ1n) is 16.4. The van der Waals surface area contributed by atoms with Crippen LogP contribution < -0.4 is 0 Å². The average Bonchev–Trinajstić information content (AvgIpc) is 3.43. The van der Waals surface area contributed by atoms with Gasteiger partial charge in [-0.25, -0.2) is 0 Å². The number of hydrogen-bond donors (Lipinski definition) is 5. The molecule has 0 unspecified atom stereocenters. The van der Waals surface area contributed by atoms with E-state index in [1.807, 2.05) is 38.2 Å². The fraction of sp³-hybridized carbons (Fsp3) is 0.553. The summed E-state index contributed by atoms with van der Waals surface area (Å²) < 4.78 is 0. The quantitative estimate of drug-likeness (QED) is 0.154. The Bertz CT molecular complexity index is 1750. The van der Waals surface area contributed by atoms with Crippen LogP contribution in [-0.4, -0.2) is 31.4 Å². The highest BCUT2D eigenvalue weighted by Crippen LogP contribution is 2.75. The lowest BCUT2D eigenvalue weighted by atomic mass is 9.34. The fourth-order valence-electron chi connectivity index (χ4n) is 10.8. The van der Waals surface area contributed by atoms with Gasteiger partial charge in [0.25, 0.3) is 0 Å². The molecule has 7 rings (SSSR count). The van der Waals surface area contributed by atoms with Crippen molar-refractivity contribution in [1.29, 1.82) is 0 Å². The van der Waals surface area contributed by atoms with Crippen molar-refractivity contribution in [2.75, 3.05) is 0 Å². The highest BCUT2D eigenvalue weighted by molar-refractivity contribution is 5.88. The number of rotatable bonds is 3. The number of carboxylic acids is 1. The number of phenolic OH excluding ortho intramolecular Hbond substituents is 2. The lowest BCUT2D eigenvalue weighted by molar-refractivity contribution is -0.177. The minimum Gasteiger partial charge on any atom is -0.504 e. The Morgan fingerprint density at radius 3 is 2.43 bits per heavy atom. The fourth-order valence-corrected chi connectivity index (χ4v) is 10.8. The van der Waals surface area contributed by atoms with Crippen molar-refractivity contribution in [2.45, 2.75) is 104 Å². The van der Waals surface area contributed by atoms with E-state index >= 15 is 0 Å². The van der Waals surface area contributed by atoms with Crippen molar-refractivity contribution in [3.8, 4) is 11.5 Å².